The van der Waals surface area contributed by atoms with Crippen LogP contribution in [0.5, 0.6) is 0 Å². The van der Waals surface area contributed by atoms with Crippen LogP contribution in [0.2, 0.25) is 0 Å². The summed E-state index contributed by atoms with van der Waals surface area (Å²) in [5, 5.41) is 3.33. The number of nitrogens with one attached hydrogen (secondary N) is 1. The maximum Gasteiger partial charge on any atom is 0.0716 e. The number of hydrogen-bond donors (Lipinski definition) is 1. The Morgan fingerprint density at radius 1 is 1.06 bits per heavy atom. The summed E-state index contributed by atoms with van der Waals surface area (Å²) in [5.74, 6) is 0. The van der Waals surface area contributed by atoms with Crippen molar-refractivity contribution in [3.8, 4) is 0 Å². The Bertz CT molecular complexity index is 240. The Morgan fingerprint density at radius 2 is 1.75 bits per heavy atom. The summed E-state index contributed by atoms with van der Waals surface area (Å²) in [4.78, 5) is 0. The lowest BCUT2D eigenvalue weighted by atomic mass is 10.1. The predicted octanol–water partition coefficient (Wildman–Crippen LogP) is 2.77. The van der Waals surface area contributed by atoms with Gasteiger partial charge in [0.15, 0.2) is 0 Å². The Hall–Kier alpha value is -0.860. The standard InChI is InChI=1S/C14H23NO/c1-3-11-16-12-14-7-5-13(6-8-14)9-10-15-4-2/h5-8,15H,3-4,9-12H2,1-2H3. The second kappa shape index (κ2) is 8.31. The maximum absolute atomic E-state index is 5.49. The second-order valence-corrected chi connectivity index (χ2v) is 3.97. The van der Waals surface area contributed by atoms with E-state index in [1.807, 2.05) is 0 Å². The first-order valence-electron chi connectivity index (χ1n) is 6.23. The van der Waals surface area contributed by atoms with E-state index in [1.165, 1.54) is 11.1 Å². The maximum atomic E-state index is 5.49. The third-order valence-corrected chi connectivity index (χ3v) is 2.48. The molecule has 0 saturated carbocycles. The summed E-state index contributed by atoms with van der Waals surface area (Å²) >= 11 is 0. The van der Waals surface area contributed by atoms with Crippen molar-refractivity contribution in [2.45, 2.75) is 33.3 Å². The van der Waals surface area contributed by atoms with Crippen LogP contribution >= 0.6 is 0 Å². The molecular formula is C14H23NO. The van der Waals surface area contributed by atoms with E-state index in [2.05, 4.69) is 43.4 Å². The van der Waals surface area contributed by atoms with Gasteiger partial charge in [-0.25, -0.2) is 0 Å². The van der Waals surface area contributed by atoms with E-state index in [-0.39, 0.29) is 0 Å². The summed E-state index contributed by atoms with van der Waals surface area (Å²) in [5.41, 5.74) is 2.65. The van der Waals surface area contributed by atoms with Gasteiger partial charge < -0.3 is 10.1 Å². The van der Waals surface area contributed by atoms with Gasteiger partial charge in [-0.1, -0.05) is 38.1 Å². The van der Waals surface area contributed by atoms with E-state index in [9.17, 15) is 0 Å². The molecule has 0 radical (unpaired) electrons. The molecule has 0 bridgehead atoms. The highest BCUT2D eigenvalue weighted by Crippen LogP contribution is 2.06. The molecule has 1 N–H and O–H groups in total. The monoisotopic (exact) mass is 221 g/mol. The number of rotatable bonds is 8. The molecule has 0 atom stereocenters. The fourth-order valence-electron chi connectivity index (χ4n) is 1.55. The van der Waals surface area contributed by atoms with Crippen molar-refractivity contribution >= 4 is 0 Å². The second-order valence-electron chi connectivity index (χ2n) is 3.97. The average Bonchev–Trinajstić information content (AvgIpc) is 2.32. The molecule has 90 valence electrons. The number of likely N-dealkylation sites (N-methyl/N-ethyl adjacent to an activating group) is 1. The van der Waals surface area contributed by atoms with Gasteiger partial charge in [-0.05, 0) is 37.1 Å². The highest BCUT2D eigenvalue weighted by atomic mass is 16.5. The molecule has 0 saturated heterocycles. The fraction of sp³-hybridized carbons (Fsp3) is 0.571. The lowest BCUT2D eigenvalue weighted by Gasteiger charge is -2.05. The minimum atomic E-state index is 0.737. The summed E-state index contributed by atoms with van der Waals surface area (Å²) in [7, 11) is 0. The number of ether oxygens (including phenoxy) is 1. The normalized spacial score (nSPS) is 10.6. The largest absolute Gasteiger partial charge is 0.377 e. The van der Waals surface area contributed by atoms with E-state index < -0.39 is 0 Å². The zero-order valence-corrected chi connectivity index (χ0v) is 10.5. The van der Waals surface area contributed by atoms with E-state index >= 15 is 0 Å². The van der Waals surface area contributed by atoms with Crippen molar-refractivity contribution in [3.63, 3.8) is 0 Å². The van der Waals surface area contributed by atoms with Gasteiger partial charge in [0.25, 0.3) is 0 Å². The summed E-state index contributed by atoms with van der Waals surface area (Å²) in [6.45, 7) is 7.95. The van der Waals surface area contributed by atoms with Gasteiger partial charge in [0.1, 0.15) is 0 Å². The SMILES string of the molecule is CCCOCc1ccc(CCNCC)cc1. The van der Waals surface area contributed by atoms with Crippen LogP contribution in [0, 0.1) is 0 Å². The predicted molar refractivity (Wildman–Crippen MR) is 68.6 cm³/mol. The first-order valence-corrected chi connectivity index (χ1v) is 6.23. The van der Waals surface area contributed by atoms with Crippen LogP contribution in [0.1, 0.15) is 31.4 Å². The molecule has 16 heavy (non-hydrogen) atoms. The molecule has 2 nitrogen and oxygen atoms in total. The van der Waals surface area contributed by atoms with Crippen molar-refractivity contribution in [2.24, 2.45) is 0 Å². The van der Waals surface area contributed by atoms with Crippen LogP contribution in [-0.4, -0.2) is 19.7 Å². The van der Waals surface area contributed by atoms with Crippen LogP contribution in [-0.2, 0) is 17.8 Å². The molecule has 0 aromatic heterocycles. The van der Waals surface area contributed by atoms with Crippen molar-refractivity contribution in [1.29, 1.82) is 0 Å². The molecule has 1 aromatic rings. The Kier molecular flexibility index (Phi) is 6.86. The topological polar surface area (TPSA) is 21.3 Å². The number of benzene rings is 1. The van der Waals surface area contributed by atoms with Gasteiger partial charge in [0.2, 0.25) is 0 Å². The summed E-state index contributed by atoms with van der Waals surface area (Å²) in [6, 6.07) is 8.72. The quantitative estimate of drug-likeness (QED) is 0.682. The molecule has 0 spiro atoms. The lowest BCUT2D eigenvalue weighted by molar-refractivity contribution is 0.121. The molecule has 1 rings (SSSR count). The molecule has 0 aliphatic carbocycles. The average molecular weight is 221 g/mol. The summed E-state index contributed by atoms with van der Waals surface area (Å²) in [6.07, 6.45) is 2.19. The molecule has 0 aliphatic rings. The van der Waals surface area contributed by atoms with Gasteiger partial charge in [-0.3, -0.25) is 0 Å². The van der Waals surface area contributed by atoms with Gasteiger partial charge in [-0.15, -0.1) is 0 Å². The van der Waals surface area contributed by atoms with Crippen molar-refractivity contribution in [3.05, 3.63) is 35.4 Å². The Balaban J connectivity index is 2.30. The number of hydrogen-bond acceptors (Lipinski definition) is 2. The zero-order chi connectivity index (χ0) is 11.6. The molecule has 0 heterocycles. The molecule has 2 heteroatoms. The van der Waals surface area contributed by atoms with Gasteiger partial charge in [-0.2, -0.15) is 0 Å². The van der Waals surface area contributed by atoms with E-state index in [4.69, 9.17) is 4.74 Å². The first-order chi connectivity index (χ1) is 7.86. The first kappa shape index (κ1) is 13.2. The molecule has 0 aliphatic heterocycles. The highest BCUT2D eigenvalue weighted by molar-refractivity contribution is 5.22. The van der Waals surface area contributed by atoms with Crippen molar-refractivity contribution in [2.75, 3.05) is 19.7 Å². The minimum absolute atomic E-state index is 0.737. The highest BCUT2D eigenvalue weighted by Gasteiger charge is 1.95. The van der Waals surface area contributed by atoms with Crippen LogP contribution in [0.4, 0.5) is 0 Å². The molecule has 1 aromatic carbocycles. The van der Waals surface area contributed by atoms with Gasteiger partial charge >= 0.3 is 0 Å². The van der Waals surface area contributed by atoms with Gasteiger partial charge in [0, 0.05) is 6.61 Å². The Labute approximate surface area is 99.0 Å². The molecule has 0 fully saturated rings. The smallest absolute Gasteiger partial charge is 0.0716 e. The zero-order valence-electron chi connectivity index (χ0n) is 10.5. The molecule has 0 amide bonds. The van der Waals surface area contributed by atoms with Crippen molar-refractivity contribution < 1.29 is 4.74 Å². The third kappa shape index (κ3) is 5.29. The van der Waals surface area contributed by atoms with Crippen molar-refractivity contribution in [1.82, 2.24) is 5.32 Å². The van der Waals surface area contributed by atoms with Crippen LogP contribution in [0.3, 0.4) is 0 Å². The van der Waals surface area contributed by atoms with Gasteiger partial charge in [0.05, 0.1) is 6.61 Å². The lowest BCUT2D eigenvalue weighted by Crippen LogP contribution is -2.15. The fourth-order valence-corrected chi connectivity index (χ4v) is 1.55. The van der Waals surface area contributed by atoms with E-state index in [1.54, 1.807) is 0 Å². The third-order valence-electron chi connectivity index (χ3n) is 2.48. The molecule has 0 unspecified atom stereocenters. The Morgan fingerprint density at radius 3 is 2.38 bits per heavy atom. The minimum Gasteiger partial charge on any atom is -0.377 e. The van der Waals surface area contributed by atoms with E-state index in [0.29, 0.717) is 0 Å². The van der Waals surface area contributed by atoms with Crippen LogP contribution in [0.25, 0.3) is 0 Å². The summed E-state index contributed by atoms with van der Waals surface area (Å²) < 4.78 is 5.49. The van der Waals surface area contributed by atoms with E-state index in [0.717, 1.165) is 39.1 Å². The molecular weight excluding hydrogens is 198 g/mol. The van der Waals surface area contributed by atoms with Crippen LogP contribution < -0.4 is 5.32 Å². The van der Waals surface area contributed by atoms with Crippen LogP contribution in [0.15, 0.2) is 24.3 Å².